The van der Waals surface area contributed by atoms with Gasteiger partial charge in [0.1, 0.15) is 16.5 Å². The summed E-state index contributed by atoms with van der Waals surface area (Å²) in [6, 6.07) is 8.54. The topological polar surface area (TPSA) is 123 Å². The fraction of sp³-hybridized carbons (Fsp3) is 0.174. The highest BCUT2D eigenvalue weighted by Gasteiger charge is 2.22. The van der Waals surface area contributed by atoms with E-state index < -0.39 is 26.6 Å². The van der Waals surface area contributed by atoms with Gasteiger partial charge in [-0.15, -0.1) is 0 Å². The average molecular weight is 502 g/mol. The van der Waals surface area contributed by atoms with Crippen LogP contribution in [0.2, 0.25) is 0 Å². The SMILES string of the molecule is COCc1ncc(-c2ccc3ncn(CCO)c(=O)c3c2)cc1NS(=O)(=O)c1ccc(F)cc1F. The lowest BCUT2D eigenvalue weighted by Crippen LogP contribution is -2.22. The summed E-state index contributed by atoms with van der Waals surface area (Å²) in [4.78, 5) is 20.5. The van der Waals surface area contributed by atoms with Gasteiger partial charge < -0.3 is 9.84 Å². The normalized spacial score (nSPS) is 11.7. The minimum atomic E-state index is -4.43. The summed E-state index contributed by atoms with van der Waals surface area (Å²) in [5.74, 6) is -2.15. The van der Waals surface area contributed by atoms with Crippen molar-refractivity contribution in [3.63, 3.8) is 0 Å². The van der Waals surface area contributed by atoms with Crippen LogP contribution in [0.3, 0.4) is 0 Å². The first-order valence-corrected chi connectivity index (χ1v) is 11.8. The van der Waals surface area contributed by atoms with Gasteiger partial charge in [0.2, 0.25) is 0 Å². The monoisotopic (exact) mass is 502 g/mol. The zero-order valence-electron chi connectivity index (χ0n) is 18.4. The van der Waals surface area contributed by atoms with Gasteiger partial charge in [0, 0.05) is 24.9 Å². The van der Waals surface area contributed by atoms with Crippen LogP contribution in [0.25, 0.3) is 22.0 Å². The number of benzene rings is 2. The number of nitrogens with one attached hydrogen (secondary N) is 1. The summed E-state index contributed by atoms with van der Waals surface area (Å²) < 4.78 is 61.8. The molecule has 0 bridgehead atoms. The predicted octanol–water partition coefficient (Wildman–Crippen LogP) is 2.68. The molecule has 0 aliphatic rings. The first-order valence-electron chi connectivity index (χ1n) is 10.3. The Labute approximate surface area is 198 Å². The van der Waals surface area contributed by atoms with Crippen LogP contribution >= 0.6 is 0 Å². The number of anilines is 1. The van der Waals surface area contributed by atoms with E-state index >= 15 is 0 Å². The number of hydrogen-bond acceptors (Lipinski definition) is 7. The molecule has 0 aliphatic carbocycles. The van der Waals surface area contributed by atoms with Crippen molar-refractivity contribution in [2.24, 2.45) is 0 Å². The molecule has 0 aliphatic heterocycles. The molecule has 0 amide bonds. The summed E-state index contributed by atoms with van der Waals surface area (Å²) in [6.07, 6.45) is 2.83. The molecule has 0 spiro atoms. The number of aliphatic hydroxyl groups excluding tert-OH is 1. The molecule has 0 saturated heterocycles. The Bertz CT molecular complexity index is 1570. The van der Waals surface area contributed by atoms with Crippen LogP contribution in [0.4, 0.5) is 14.5 Å². The van der Waals surface area contributed by atoms with E-state index in [1.165, 1.54) is 30.3 Å². The van der Waals surface area contributed by atoms with Gasteiger partial charge in [-0.3, -0.25) is 19.1 Å². The molecule has 2 N–H and O–H groups in total. The first kappa shape index (κ1) is 24.4. The van der Waals surface area contributed by atoms with Gasteiger partial charge in [0.05, 0.1) is 48.4 Å². The number of aromatic nitrogens is 3. The maximum atomic E-state index is 14.2. The minimum absolute atomic E-state index is 0.0250. The second-order valence-electron chi connectivity index (χ2n) is 7.53. The van der Waals surface area contributed by atoms with Gasteiger partial charge in [0.15, 0.2) is 0 Å². The first-order chi connectivity index (χ1) is 16.7. The molecular weight excluding hydrogens is 482 g/mol. The number of ether oxygens (including phenoxy) is 1. The van der Waals surface area contributed by atoms with E-state index in [0.717, 1.165) is 12.1 Å². The molecule has 0 saturated carbocycles. The summed E-state index contributed by atoms with van der Waals surface area (Å²) in [5, 5.41) is 9.45. The highest BCUT2D eigenvalue weighted by atomic mass is 32.2. The molecule has 9 nitrogen and oxygen atoms in total. The van der Waals surface area contributed by atoms with Gasteiger partial charge in [-0.2, -0.15) is 0 Å². The number of rotatable bonds is 8. The van der Waals surface area contributed by atoms with E-state index in [9.17, 15) is 22.0 Å². The third-order valence-corrected chi connectivity index (χ3v) is 6.58. The molecule has 35 heavy (non-hydrogen) atoms. The van der Waals surface area contributed by atoms with Crippen LogP contribution in [-0.2, 0) is 27.9 Å². The predicted molar refractivity (Wildman–Crippen MR) is 124 cm³/mol. The third kappa shape index (κ3) is 5.04. The van der Waals surface area contributed by atoms with E-state index in [4.69, 9.17) is 9.84 Å². The molecule has 0 atom stereocenters. The Hall–Kier alpha value is -3.74. The van der Waals surface area contributed by atoms with E-state index in [2.05, 4.69) is 14.7 Å². The largest absolute Gasteiger partial charge is 0.395 e. The van der Waals surface area contributed by atoms with Gasteiger partial charge in [0.25, 0.3) is 15.6 Å². The zero-order chi connectivity index (χ0) is 25.2. The molecule has 4 rings (SSSR count). The second kappa shape index (κ2) is 9.86. The number of aliphatic hydroxyl groups is 1. The van der Waals surface area contributed by atoms with Crippen LogP contribution in [0.5, 0.6) is 0 Å². The van der Waals surface area contributed by atoms with E-state index in [-0.39, 0.29) is 36.7 Å². The van der Waals surface area contributed by atoms with Crippen molar-refractivity contribution in [2.75, 3.05) is 18.4 Å². The lowest BCUT2D eigenvalue weighted by molar-refractivity contribution is 0.182. The average Bonchev–Trinajstić information content (AvgIpc) is 2.81. The highest BCUT2D eigenvalue weighted by molar-refractivity contribution is 7.92. The quantitative estimate of drug-likeness (QED) is 0.380. The van der Waals surface area contributed by atoms with Crippen LogP contribution in [-0.4, -0.2) is 41.8 Å². The van der Waals surface area contributed by atoms with Gasteiger partial charge >= 0.3 is 0 Å². The summed E-state index contributed by atoms with van der Waals surface area (Å²) in [6.45, 7) is -0.182. The lowest BCUT2D eigenvalue weighted by Gasteiger charge is -2.14. The zero-order valence-corrected chi connectivity index (χ0v) is 19.2. The number of halogens is 2. The number of methoxy groups -OCH3 is 1. The Kier molecular flexibility index (Phi) is 6.87. The summed E-state index contributed by atoms with van der Waals surface area (Å²) >= 11 is 0. The number of hydrogen-bond donors (Lipinski definition) is 2. The fourth-order valence-corrected chi connectivity index (χ4v) is 4.63. The highest BCUT2D eigenvalue weighted by Crippen LogP contribution is 2.28. The Morgan fingerprint density at radius 1 is 1.09 bits per heavy atom. The molecular formula is C23H20F2N4O5S. The van der Waals surface area contributed by atoms with E-state index in [1.807, 2.05) is 0 Å². The van der Waals surface area contributed by atoms with Crippen molar-refractivity contribution >= 4 is 26.6 Å². The smallest absolute Gasteiger partial charge is 0.264 e. The van der Waals surface area contributed by atoms with Crippen molar-refractivity contribution in [3.05, 3.63) is 82.7 Å². The third-order valence-electron chi connectivity index (χ3n) is 5.18. The molecule has 182 valence electrons. The Morgan fingerprint density at radius 3 is 2.60 bits per heavy atom. The van der Waals surface area contributed by atoms with Gasteiger partial charge in [-0.25, -0.2) is 22.2 Å². The van der Waals surface area contributed by atoms with Crippen molar-refractivity contribution in [3.8, 4) is 11.1 Å². The van der Waals surface area contributed by atoms with Crippen LogP contribution in [0.1, 0.15) is 5.69 Å². The molecule has 4 aromatic rings. The molecule has 12 heteroatoms. The molecule has 2 aromatic carbocycles. The maximum absolute atomic E-state index is 14.2. The van der Waals surface area contributed by atoms with Crippen LogP contribution in [0.15, 0.2) is 64.7 Å². The van der Waals surface area contributed by atoms with Crippen molar-refractivity contribution in [2.45, 2.75) is 18.0 Å². The lowest BCUT2D eigenvalue weighted by atomic mass is 10.0. The number of sulfonamides is 1. The van der Waals surface area contributed by atoms with Gasteiger partial charge in [-0.05, 0) is 35.9 Å². The number of fused-ring (bicyclic) bond motifs is 1. The Balaban J connectivity index is 1.79. The molecule has 0 unspecified atom stereocenters. The maximum Gasteiger partial charge on any atom is 0.264 e. The van der Waals surface area contributed by atoms with Crippen molar-refractivity contribution in [1.29, 1.82) is 0 Å². The minimum Gasteiger partial charge on any atom is -0.395 e. The molecule has 2 aromatic heterocycles. The molecule has 2 heterocycles. The number of nitrogens with zero attached hydrogens (tertiary/aromatic N) is 3. The second-order valence-corrected chi connectivity index (χ2v) is 9.18. The Morgan fingerprint density at radius 2 is 1.89 bits per heavy atom. The summed E-state index contributed by atoms with van der Waals surface area (Å²) in [7, 11) is -3.02. The van der Waals surface area contributed by atoms with Crippen LogP contribution < -0.4 is 10.3 Å². The van der Waals surface area contributed by atoms with E-state index in [1.54, 1.807) is 18.2 Å². The fourth-order valence-electron chi connectivity index (χ4n) is 3.49. The van der Waals surface area contributed by atoms with E-state index in [0.29, 0.717) is 28.1 Å². The van der Waals surface area contributed by atoms with Gasteiger partial charge in [-0.1, -0.05) is 6.07 Å². The summed E-state index contributed by atoms with van der Waals surface area (Å²) in [5.41, 5.74) is 1.36. The van der Waals surface area contributed by atoms with Crippen molar-refractivity contribution in [1.82, 2.24) is 14.5 Å². The standard InChI is InChI=1S/C23H20F2N4O5S/c1-34-12-21-20(28-35(32,33)22-5-3-16(24)10-18(22)25)9-15(11-26-21)14-2-4-19-17(8-14)23(31)29(6-7-30)13-27-19/h2-5,8-11,13,28,30H,6-7,12H2,1H3. The molecule has 0 radical (unpaired) electrons. The van der Waals surface area contributed by atoms with Crippen LogP contribution in [0, 0.1) is 11.6 Å². The molecule has 0 fully saturated rings. The van der Waals surface area contributed by atoms with Crippen molar-refractivity contribution < 1.29 is 27.0 Å². The number of pyridine rings is 1.